The molecule has 0 fully saturated rings. The molecule has 4 nitrogen and oxygen atoms in total. The minimum Gasteiger partial charge on any atom is -0.492 e. The van der Waals surface area contributed by atoms with Crippen molar-refractivity contribution in [2.24, 2.45) is 11.7 Å². The maximum absolute atomic E-state index is 12.3. The summed E-state index contributed by atoms with van der Waals surface area (Å²) in [7, 11) is 0. The van der Waals surface area contributed by atoms with Crippen LogP contribution in [-0.4, -0.2) is 25.1 Å². The molecule has 0 aromatic heterocycles. The third-order valence-electron chi connectivity index (χ3n) is 3.79. The molecule has 3 N–H and O–H groups in total. The monoisotopic (exact) mass is 276 g/mol. The summed E-state index contributed by atoms with van der Waals surface area (Å²) in [5.41, 5.74) is 6.83. The van der Waals surface area contributed by atoms with Crippen LogP contribution in [0.25, 0.3) is 0 Å². The van der Waals surface area contributed by atoms with E-state index >= 15 is 0 Å². The fraction of sp³-hybridized carbons (Fsp3) is 0.562. The standard InChI is InChI=1S/C16H24N2O2/c1-2-3-7-14(10-17)18-16(19)13-9-12-6-4-5-8-15(12)20-11-13/h4-6,8,13-14H,2-3,7,9-11,17H2,1H3,(H,18,19). The van der Waals surface area contributed by atoms with Crippen LogP contribution < -0.4 is 15.8 Å². The Hall–Kier alpha value is -1.55. The number of fused-ring (bicyclic) bond motifs is 1. The van der Waals surface area contributed by atoms with E-state index in [1.54, 1.807) is 0 Å². The summed E-state index contributed by atoms with van der Waals surface area (Å²) in [6.45, 7) is 3.09. The van der Waals surface area contributed by atoms with Gasteiger partial charge >= 0.3 is 0 Å². The lowest BCUT2D eigenvalue weighted by Crippen LogP contribution is -2.45. The number of para-hydroxylation sites is 1. The number of ether oxygens (including phenoxy) is 1. The number of carbonyl (C=O) groups excluding carboxylic acids is 1. The van der Waals surface area contributed by atoms with Crippen molar-refractivity contribution in [3.8, 4) is 5.75 Å². The van der Waals surface area contributed by atoms with E-state index in [0.29, 0.717) is 13.2 Å². The van der Waals surface area contributed by atoms with Gasteiger partial charge in [-0.25, -0.2) is 0 Å². The Balaban J connectivity index is 1.90. The van der Waals surface area contributed by atoms with Gasteiger partial charge in [-0.15, -0.1) is 0 Å². The van der Waals surface area contributed by atoms with Crippen LogP contribution >= 0.6 is 0 Å². The summed E-state index contributed by atoms with van der Waals surface area (Å²) >= 11 is 0. The minimum atomic E-state index is -0.111. The molecular formula is C16H24N2O2. The van der Waals surface area contributed by atoms with E-state index in [1.807, 2.05) is 24.3 Å². The smallest absolute Gasteiger partial charge is 0.227 e. The van der Waals surface area contributed by atoms with Crippen molar-refractivity contribution < 1.29 is 9.53 Å². The first-order valence-corrected chi connectivity index (χ1v) is 7.45. The number of unbranched alkanes of at least 4 members (excludes halogenated alkanes) is 1. The largest absolute Gasteiger partial charge is 0.492 e. The molecule has 0 saturated heterocycles. The topological polar surface area (TPSA) is 64.3 Å². The normalized spacial score (nSPS) is 18.8. The van der Waals surface area contributed by atoms with E-state index in [-0.39, 0.29) is 17.9 Å². The highest BCUT2D eigenvalue weighted by atomic mass is 16.5. The summed E-state index contributed by atoms with van der Waals surface area (Å²) < 4.78 is 5.66. The lowest BCUT2D eigenvalue weighted by molar-refractivity contribution is -0.127. The molecule has 20 heavy (non-hydrogen) atoms. The van der Waals surface area contributed by atoms with Gasteiger partial charge in [0.2, 0.25) is 5.91 Å². The maximum Gasteiger partial charge on any atom is 0.227 e. The second kappa shape index (κ2) is 7.29. The first kappa shape index (κ1) is 14.9. The van der Waals surface area contributed by atoms with Gasteiger partial charge in [-0.2, -0.15) is 0 Å². The van der Waals surface area contributed by atoms with Crippen LogP contribution in [0.4, 0.5) is 0 Å². The number of hydrogen-bond donors (Lipinski definition) is 2. The fourth-order valence-corrected chi connectivity index (χ4v) is 2.51. The molecule has 0 aliphatic carbocycles. The molecule has 0 spiro atoms. The summed E-state index contributed by atoms with van der Waals surface area (Å²) in [4.78, 5) is 12.3. The SMILES string of the molecule is CCCCC(CN)NC(=O)C1COc2ccccc2C1. The van der Waals surface area contributed by atoms with Crippen molar-refractivity contribution in [1.82, 2.24) is 5.32 Å². The number of hydrogen-bond acceptors (Lipinski definition) is 3. The first-order valence-electron chi connectivity index (χ1n) is 7.45. The Morgan fingerprint density at radius 1 is 1.50 bits per heavy atom. The van der Waals surface area contributed by atoms with Crippen molar-refractivity contribution in [1.29, 1.82) is 0 Å². The predicted octanol–water partition coefficient (Wildman–Crippen LogP) is 1.87. The van der Waals surface area contributed by atoms with Gasteiger partial charge < -0.3 is 15.8 Å². The van der Waals surface area contributed by atoms with Crippen LogP contribution in [0.3, 0.4) is 0 Å². The van der Waals surface area contributed by atoms with E-state index in [9.17, 15) is 4.79 Å². The van der Waals surface area contributed by atoms with E-state index < -0.39 is 0 Å². The van der Waals surface area contributed by atoms with Crippen LogP contribution in [0.15, 0.2) is 24.3 Å². The Kier molecular flexibility index (Phi) is 5.41. The Morgan fingerprint density at radius 3 is 3.05 bits per heavy atom. The van der Waals surface area contributed by atoms with Crippen LogP contribution in [-0.2, 0) is 11.2 Å². The number of amides is 1. The van der Waals surface area contributed by atoms with Crippen molar-refractivity contribution >= 4 is 5.91 Å². The molecule has 0 bridgehead atoms. The van der Waals surface area contributed by atoms with Gasteiger partial charge in [0.1, 0.15) is 12.4 Å². The zero-order valence-electron chi connectivity index (χ0n) is 12.1. The Bertz CT molecular complexity index is 448. The van der Waals surface area contributed by atoms with E-state index in [4.69, 9.17) is 10.5 Å². The summed E-state index contributed by atoms with van der Waals surface area (Å²) in [5.74, 6) is 0.851. The summed E-state index contributed by atoms with van der Waals surface area (Å²) in [5, 5.41) is 3.06. The lowest BCUT2D eigenvalue weighted by Gasteiger charge is -2.26. The summed E-state index contributed by atoms with van der Waals surface area (Å²) in [6.07, 6.45) is 3.90. The van der Waals surface area contributed by atoms with Gasteiger partial charge in [0.05, 0.1) is 5.92 Å². The van der Waals surface area contributed by atoms with Gasteiger partial charge in [-0.3, -0.25) is 4.79 Å². The highest BCUT2D eigenvalue weighted by Crippen LogP contribution is 2.26. The third-order valence-corrected chi connectivity index (χ3v) is 3.79. The van der Waals surface area contributed by atoms with Crippen LogP contribution in [0.1, 0.15) is 31.7 Å². The quantitative estimate of drug-likeness (QED) is 0.833. The number of benzene rings is 1. The zero-order valence-corrected chi connectivity index (χ0v) is 12.1. The van der Waals surface area contributed by atoms with Crippen molar-refractivity contribution in [3.63, 3.8) is 0 Å². The molecule has 1 aromatic carbocycles. The molecule has 2 rings (SSSR count). The van der Waals surface area contributed by atoms with Gasteiger partial charge in [-0.05, 0) is 24.5 Å². The van der Waals surface area contributed by atoms with Crippen molar-refractivity contribution in [3.05, 3.63) is 29.8 Å². The van der Waals surface area contributed by atoms with Gasteiger partial charge in [0.25, 0.3) is 0 Å². The molecule has 1 heterocycles. The van der Waals surface area contributed by atoms with E-state index in [1.165, 1.54) is 0 Å². The van der Waals surface area contributed by atoms with Crippen molar-refractivity contribution in [2.45, 2.75) is 38.6 Å². The minimum absolute atomic E-state index is 0.0612. The molecule has 1 amide bonds. The number of carbonyl (C=O) groups is 1. The predicted molar refractivity (Wildman–Crippen MR) is 79.6 cm³/mol. The second-order valence-electron chi connectivity index (χ2n) is 5.40. The second-order valence-corrected chi connectivity index (χ2v) is 5.40. The molecule has 0 radical (unpaired) electrons. The van der Waals surface area contributed by atoms with Crippen LogP contribution in [0.5, 0.6) is 5.75 Å². The van der Waals surface area contributed by atoms with Crippen LogP contribution in [0, 0.1) is 5.92 Å². The lowest BCUT2D eigenvalue weighted by atomic mass is 9.95. The Morgan fingerprint density at radius 2 is 2.30 bits per heavy atom. The molecule has 4 heteroatoms. The average Bonchev–Trinajstić information content (AvgIpc) is 2.50. The Labute approximate surface area is 120 Å². The van der Waals surface area contributed by atoms with Crippen LogP contribution in [0.2, 0.25) is 0 Å². The highest BCUT2D eigenvalue weighted by Gasteiger charge is 2.26. The molecule has 1 aromatic rings. The molecule has 2 unspecified atom stereocenters. The highest BCUT2D eigenvalue weighted by molar-refractivity contribution is 5.80. The molecule has 1 aliphatic rings. The average molecular weight is 276 g/mol. The van der Waals surface area contributed by atoms with Crippen molar-refractivity contribution in [2.75, 3.05) is 13.2 Å². The molecule has 110 valence electrons. The number of nitrogens with one attached hydrogen (secondary N) is 1. The maximum atomic E-state index is 12.3. The van der Waals surface area contributed by atoms with Gasteiger partial charge in [-0.1, -0.05) is 38.0 Å². The first-order chi connectivity index (χ1) is 9.74. The molecule has 2 atom stereocenters. The number of nitrogens with two attached hydrogens (primary N) is 1. The van der Waals surface area contributed by atoms with Gasteiger partial charge in [0, 0.05) is 12.6 Å². The fourth-order valence-electron chi connectivity index (χ4n) is 2.51. The molecule has 1 aliphatic heterocycles. The third kappa shape index (κ3) is 3.73. The molecule has 0 saturated carbocycles. The summed E-state index contributed by atoms with van der Waals surface area (Å²) in [6, 6.07) is 7.99. The number of rotatable bonds is 6. The zero-order chi connectivity index (χ0) is 14.4. The van der Waals surface area contributed by atoms with E-state index in [2.05, 4.69) is 12.2 Å². The van der Waals surface area contributed by atoms with E-state index in [0.717, 1.165) is 37.0 Å². The molecular weight excluding hydrogens is 252 g/mol. The van der Waals surface area contributed by atoms with Gasteiger partial charge in [0.15, 0.2) is 0 Å².